The molecule has 1 unspecified atom stereocenters. The number of nitrogens with one attached hydrogen (secondary N) is 2. The summed E-state index contributed by atoms with van der Waals surface area (Å²) in [5.41, 5.74) is 6.38. The molecule has 0 saturated carbocycles. The lowest BCUT2D eigenvalue weighted by molar-refractivity contribution is 0.131. The van der Waals surface area contributed by atoms with Crippen LogP contribution in [0.15, 0.2) is 29.3 Å². The van der Waals surface area contributed by atoms with Crippen molar-refractivity contribution in [3.8, 4) is 0 Å². The molecule has 8 heteroatoms. The Morgan fingerprint density at radius 3 is 2.30 bits per heavy atom. The number of aryl methyl sites for hydroxylation is 2. The lowest BCUT2D eigenvalue weighted by atomic mass is 10.1. The van der Waals surface area contributed by atoms with Crippen molar-refractivity contribution >= 4 is 29.9 Å². The Morgan fingerprint density at radius 2 is 1.73 bits per heavy atom. The highest BCUT2D eigenvalue weighted by Gasteiger charge is 2.17. The molecule has 1 aromatic heterocycles. The van der Waals surface area contributed by atoms with Crippen LogP contribution in [0.5, 0.6) is 0 Å². The van der Waals surface area contributed by atoms with Crippen molar-refractivity contribution in [1.29, 1.82) is 0 Å². The summed E-state index contributed by atoms with van der Waals surface area (Å²) < 4.78 is 1.96. The van der Waals surface area contributed by atoms with E-state index in [9.17, 15) is 0 Å². The van der Waals surface area contributed by atoms with Crippen molar-refractivity contribution in [2.75, 3.05) is 39.8 Å². The first-order valence-electron chi connectivity index (χ1n) is 11.9. The van der Waals surface area contributed by atoms with Crippen molar-refractivity contribution < 1.29 is 0 Å². The molecule has 1 aliphatic rings. The Labute approximate surface area is 217 Å². The maximum Gasteiger partial charge on any atom is 0.191 e. The van der Waals surface area contributed by atoms with Crippen LogP contribution in [0, 0.1) is 13.8 Å². The summed E-state index contributed by atoms with van der Waals surface area (Å²) in [4.78, 5) is 9.55. The molecule has 0 radical (unpaired) electrons. The standard InChI is InChI=1S/C25H41N7.HI/c1-7-31-12-14-32(15-13-31)18-23-11-9-8-10-22(23)17-27-25(26-5)28-19(2)16-24-20(3)29-30(6)21(24)4;/h8-11,19H,7,12-18H2,1-6H3,(H2,26,27,28);1H. The molecule has 7 nitrogen and oxygen atoms in total. The SMILES string of the molecule is CCN1CCN(Cc2ccccc2CNC(=NC)NC(C)Cc2c(C)nn(C)c2C)CC1.I. The van der Waals surface area contributed by atoms with Crippen LogP contribution >= 0.6 is 24.0 Å². The number of guanidine groups is 1. The van der Waals surface area contributed by atoms with Crippen LogP contribution in [-0.2, 0) is 26.6 Å². The monoisotopic (exact) mass is 567 g/mol. The average molecular weight is 568 g/mol. The molecule has 2 heterocycles. The van der Waals surface area contributed by atoms with E-state index >= 15 is 0 Å². The molecule has 184 valence electrons. The zero-order valence-corrected chi connectivity index (χ0v) is 23.5. The smallest absolute Gasteiger partial charge is 0.191 e. The van der Waals surface area contributed by atoms with E-state index in [2.05, 4.69) is 82.5 Å². The number of aliphatic imine (C=N–C) groups is 1. The third-order valence-corrected chi connectivity index (χ3v) is 6.65. The summed E-state index contributed by atoms with van der Waals surface area (Å²) in [6.07, 6.45) is 0.923. The summed E-state index contributed by atoms with van der Waals surface area (Å²) in [7, 11) is 3.84. The topological polar surface area (TPSA) is 60.7 Å². The van der Waals surface area contributed by atoms with Gasteiger partial charge in [0.25, 0.3) is 0 Å². The number of hydrogen-bond donors (Lipinski definition) is 2. The van der Waals surface area contributed by atoms with Crippen LogP contribution in [0.1, 0.15) is 41.9 Å². The number of hydrogen-bond acceptors (Lipinski definition) is 4. The first kappa shape index (κ1) is 27.6. The molecule has 33 heavy (non-hydrogen) atoms. The van der Waals surface area contributed by atoms with Gasteiger partial charge in [0.15, 0.2) is 5.96 Å². The molecule has 1 fully saturated rings. The number of piperazine rings is 1. The molecule has 1 atom stereocenters. The van der Waals surface area contributed by atoms with Gasteiger partial charge in [0.2, 0.25) is 0 Å². The summed E-state index contributed by atoms with van der Waals surface area (Å²) >= 11 is 0. The van der Waals surface area contributed by atoms with E-state index in [1.54, 1.807) is 0 Å². The minimum Gasteiger partial charge on any atom is -0.354 e. The van der Waals surface area contributed by atoms with Gasteiger partial charge in [-0.05, 0) is 50.4 Å². The highest BCUT2D eigenvalue weighted by molar-refractivity contribution is 14.0. The van der Waals surface area contributed by atoms with Crippen LogP contribution in [0.3, 0.4) is 0 Å². The van der Waals surface area contributed by atoms with E-state index in [1.807, 2.05) is 18.8 Å². The van der Waals surface area contributed by atoms with Gasteiger partial charge in [-0.3, -0.25) is 14.6 Å². The van der Waals surface area contributed by atoms with E-state index in [4.69, 9.17) is 0 Å². The van der Waals surface area contributed by atoms with Crippen molar-refractivity contribution in [3.05, 3.63) is 52.3 Å². The Kier molecular flexibility index (Phi) is 11.1. The van der Waals surface area contributed by atoms with Crippen LogP contribution < -0.4 is 10.6 Å². The summed E-state index contributed by atoms with van der Waals surface area (Å²) in [6.45, 7) is 16.2. The first-order valence-corrected chi connectivity index (χ1v) is 11.9. The molecular formula is C25H42IN7. The van der Waals surface area contributed by atoms with Crippen LogP contribution in [0.25, 0.3) is 0 Å². The predicted molar refractivity (Wildman–Crippen MR) is 148 cm³/mol. The summed E-state index contributed by atoms with van der Waals surface area (Å²) in [5.74, 6) is 0.836. The lowest BCUT2D eigenvalue weighted by Gasteiger charge is -2.34. The molecular weight excluding hydrogens is 525 g/mol. The summed E-state index contributed by atoms with van der Waals surface area (Å²) in [6, 6.07) is 9.02. The second-order valence-electron chi connectivity index (χ2n) is 8.93. The van der Waals surface area contributed by atoms with Gasteiger partial charge in [-0.2, -0.15) is 5.10 Å². The van der Waals surface area contributed by atoms with Gasteiger partial charge in [0.1, 0.15) is 0 Å². The van der Waals surface area contributed by atoms with Crippen LogP contribution in [0.4, 0.5) is 0 Å². The Balaban J connectivity index is 0.00000385. The normalized spacial score (nSPS) is 16.4. The van der Waals surface area contributed by atoms with Crippen molar-refractivity contribution in [2.24, 2.45) is 12.0 Å². The van der Waals surface area contributed by atoms with Gasteiger partial charge in [-0.1, -0.05) is 31.2 Å². The molecule has 1 aliphatic heterocycles. The molecule has 0 bridgehead atoms. The average Bonchev–Trinajstić information content (AvgIpc) is 3.03. The number of likely N-dealkylation sites (N-methyl/N-ethyl adjacent to an activating group) is 1. The zero-order chi connectivity index (χ0) is 23.1. The molecule has 1 saturated heterocycles. The Hall–Kier alpha value is -1.65. The molecule has 0 amide bonds. The van der Waals surface area contributed by atoms with Crippen LogP contribution in [-0.4, -0.2) is 71.4 Å². The van der Waals surface area contributed by atoms with Gasteiger partial charge in [-0.25, -0.2) is 0 Å². The van der Waals surface area contributed by atoms with Gasteiger partial charge in [0.05, 0.1) is 5.69 Å². The molecule has 0 spiro atoms. The second-order valence-corrected chi connectivity index (χ2v) is 8.93. The number of halogens is 1. The zero-order valence-electron chi connectivity index (χ0n) is 21.2. The molecule has 2 N–H and O–H groups in total. The highest BCUT2D eigenvalue weighted by atomic mass is 127. The van der Waals surface area contributed by atoms with E-state index in [-0.39, 0.29) is 30.0 Å². The van der Waals surface area contributed by atoms with Gasteiger partial charge >= 0.3 is 0 Å². The summed E-state index contributed by atoms with van der Waals surface area (Å²) in [5, 5.41) is 11.6. The van der Waals surface area contributed by atoms with Gasteiger partial charge < -0.3 is 15.5 Å². The predicted octanol–water partition coefficient (Wildman–Crippen LogP) is 3.09. The number of nitrogens with zero attached hydrogens (tertiary/aromatic N) is 5. The fourth-order valence-electron chi connectivity index (χ4n) is 4.47. The minimum atomic E-state index is 0. The largest absolute Gasteiger partial charge is 0.354 e. The Morgan fingerprint density at radius 1 is 1.09 bits per heavy atom. The highest BCUT2D eigenvalue weighted by Crippen LogP contribution is 2.15. The third-order valence-electron chi connectivity index (χ3n) is 6.65. The van der Waals surface area contributed by atoms with E-state index in [1.165, 1.54) is 35.5 Å². The van der Waals surface area contributed by atoms with Crippen molar-refractivity contribution in [2.45, 2.75) is 53.2 Å². The lowest BCUT2D eigenvalue weighted by Crippen LogP contribution is -2.45. The molecule has 0 aliphatic carbocycles. The minimum absolute atomic E-state index is 0. The third kappa shape index (κ3) is 7.68. The number of benzene rings is 1. The molecule has 2 aromatic rings. The first-order chi connectivity index (χ1) is 15.4. The second kappa shape index (κ2) is 13.3. The van der Waals surface area contributed by atoms with Crippen molar-refractivity contribution in [3.63, 3.8) is 0 Å². The van der Waals surface area contributed by atoms with E-state index in [0.29, 0.717) is 0 Å². The maximum absolute atomic E-state index is 4.54. The van der Waals surface area contributed by atoms with E-state index < -0.39 is 0 Å². The van der Waals surface area contributed by atoms with E-state index in [0.717, 1.165) is 50.8 Å². The van der Waals surface area contributed by atoms with Gasteiger partial charge in [-0.15, -0.1) is 24.0 Å². The number of aromatic nitrogens is 2. The fraction of sp³-hybridized carbons (Fsp3) is 0.600. The van der Waals surface area contributed by atoms with Crippen molar-refractivity contribution in [1.82, 2.24) is 30.2 Å². The fourth-order valence-corrected chi connectivity index (χ4v) is 4.47. The quantitative estimate of drug-likeness (QED) is 0.292. The maximum atomic E-state index is 4.54. The van der Waals surface area contributed by atoms with Gasteiger partial charge in [0, 0.05) is 65.1 Å². The number of rotatable bonds is 8. The molecule has 3 rings (SSSR count). The molecule has 1 aromatic carbocycles. The Bertz CT molecular complexity index is 900. The van der Waals surface area contributed by atoms with Crippen LogP contribution in [0.2, 0.25) is 0 Å².